The third-order valence-electron chi connectivity index (χ3n) is 2.74. The molecular formula is C10H7BrO2. The molecule has 0 aromatic heterocycles. The average Bonchev–Trinajstić information content (AvgIpc) is 2.38. The zero-order valence-electron chi connectivity index (χ0n) is 6.79. The first-order chi connectivity index (χ1) is 6.12. The molecule has 0 unspecified atom stereocenters. The summed E-state index contributed by atoms with van der Waals surface area (Å²) in [6.07, 6.45) is 10.4. The molecule has 0 atom stereocenters. The molecule has 1 spiro atoms. The Kier molecular flexibility index (Phi) is 1.15. The zero-order valence-corrected chi connectivity index (χ0v) is 8.37. The van der Waals surface area contributed by atoms with Crippen LogP contribution in [0.15, 0.2) is 36.0 Å². The summed E-state index contributed by atoms with van der Waals surface area (Å²) >= 11 is 3.60. The van der Waals surface area contributed by atoms with E-state index in [4.69, 9.17) is 4.74 Å². The van der Waals surface area contributed by atoms with E-state index >= 15 is 0 Å². The molecule has 2 bridgehead atoms. The highest BCUT2D eigenvalue weighted by Crippen LogP contribution is 2.49. The van der Waals surface area contributed by atoms with Gasteiger partial charge in [0.1, 0.15) is 0 Å². The van der Waals surface area contributed by atoms with E-state index in [0.717, 1.165) is 12.0 Å². The lowest BCUT2D eigenvalue weighted by Crippen LogP contribution is -2.39. The molecule has 0 saturated heterocycles. The maximum atomic E-state index is 11.1. The Balaban J connectivity index is 2.21. The van der Waals surface area contributed by atoms with Gasteiger partial charge in [-0.25, -0.2) is 4.79 Å². The van der Waals surface area contributed by atoms with Gasteiger partial charge in [-0.3, -0.25) is 0 Å². The largest absolute Gasteiger partial charge is 0.443 e. The molecule has 1 aliphatic heterocycles. The van der Waals surface area contributed by atoms with E-state index in [1.165, 1.54) is 0 Å². The first-order valence-electron chi connectivity index (χ1n) is 4.16. The van der Waals surface area contributed by atoms with Crippen LogP contribution in [0.25, 0.3) is 0 Å². The molecule has 3 heteroatoms. The van der Waals surface area contributed by atoms with E-state index in [1.807, 2.05) is 24.3 Å². The molecule has 66 valence electrons. The van der Waals surface area contributed by atoms with Crippen molar-refractivity contribution in [3.63, 3.8) is 0 Å². The van der Waals surface area contributed by atoms with Crippen molar-refractivity contribution in [2.45, 2.75) is 16.3 Å². The zero-order chi connectivity index (χ0) is 9.10. The topological polar surface area (TPSA) is 26.3 Å². The number of carbonyl (C=O) groups is 1. The van der Waals surface area contributed by atoms with Crippen LogP contribution < -0.4 is 0 Å². The third-order valence-corrected chi connectivity index (χ3v) is 3.55. The lowest BCUT2D eigenvalue weighted by atomic mass is 9.75. The predicted molar refractivity (Wildman–Crippen MR) is 51.5 cm³/mol. The van der Waals surface area contributed by atoms with Gasteiger partial charge in [-0.15, -0.1) is 0 Å². The van der Waals surface area contributed by atoms with E-state index in [2.05, 4.69) is 15.9 Å². The van der Waals surface area contributed by atoms with Crippen LogP contribution in [0.5, 0.6) is 0 Å². The molecule has 13 heavy (non-hydrogen) atoms. The molecule has 4 aliphatic rings. The second-order valence-corrected chi connectivity index (χ2v) is 5.13. The van der Waals surface area contributed by atoms with Gasteiger partial charge in [-0.2, -0.15) is 0 Å². The minimum atomic E-state index is -0.535. The first-order valence-corrected chi connectivity index (χ1v) is 4.95. The summed E-state index contributed by atoms with van der Waals surface area (Å²) in [6, 6.07) is 0. The Bertz CT molecular complexity index is 376. The molecule has 0 N–H and O–H groups in total. The van der Waals surface area contributed by atoms with Crippen molar-refractivity contribution >= 4 is 21.9 Å². The number of hydrogen-bond donors (Lipinski definition) is 0. The Labute approximate surface area is 84.1 Å². The Morgan fingerprint density at radius 1 is 1.31 bits per heavy atom. The summed E-state index contributed by atoms with van der Waals surface area (Å²) < 4.78 is 5.17. The minimum Gasteiger partial charge on any atom is -0.443 e. The quantitative estimate of drug-likeness (QED) is 0.366. The monoisotopic (exact) mass is 238 g/mol. The van der Waals surface area contributed by atoms with Gasteiger partial charge in [-0.05, 0) is 24.1 Å². The lowest BCUT2D eigenvalue weighted by Gasteiger charge is -2.39. The fourth-order valence-corrected chi connectivity index (χ4v) is 2.60. The molecule has 2 nitrogen and oxygen atoms in total. The Morgan fingerprint density at radius 3 is 2.69 bits per heavy atom. The van der Waals surface area contributed by atoms with E-state index in [9.17, 15) is 4.79 Å². The smallest absolute Gasteiger partial charge is 0.332 e. The number of alkyl halides is 1. The van der Waals surface area contributed by atoms with Crippen LogP contribution in [0.2, 0.25) is 0 Å². The second-order valence-electron chi connectivity index (χ2n) is 3.65. The van der Waals surface area contributed by atoms with Crippen LogP contribution in [0.1, 0.15) is 6.42 Å². The second kappa shape index (κ2) is 1.98. The van der Waals surface area contributed by atoms with E-state index < -0.39 is 5.60 Å². The van der Waals surface area contributed by atoms with Crippen molar-refractivity contribution in [1.29, 1.82) is 0 Å². The van der Waals surface area contributed by atoms with Gasteiger partial charge in [0.25, 0.3) is 0 Å². The molecule has 0 aromatic carbocycles. The highest BCUT2D eigenvalue weighted by Gasteiger charge is 2.48. The molecule has 0 fully saturated rings. The van der Waals surface area contributed by atoms with Gasteiger partial charge in [0.05, 0.1) is 4.32 Å². The van der Waals surface area contributed by atoms with Crippen molar-refractivity contribution < 1.29 is 9.53 Å². The van der Waals surface area contributed by atoms with Gasteiger partial charge in [0, 0.05) is 6.08 Å². The van der Waals surface area contributed by atoms with Crippen molar-refractivity contribution in [3.05, 3.63) is 36.0 Å². The number of carbonyl (C=O) groups excluding carboxylic acids is 1. The number of rotatable bonds is 0. The van der Waals surface area contributed by atoms with Crippen molar-refractivity contribution in [2.75, 3.05) is 0 Å². The maximum Gasteiger partial charge on any atom is 0.332 e. The van der Waals surface area contributed by atoms with Gasteiger partial charge in [-0.1, -0.05) is 28.1 Å². The van der Waals surface area contributed by atoms with Gasteiger partial charge >= 0.3 is 5.97 Å². The fraction of sp³-hybridized carbons (Fsp3) is 0.300. The van der Waals surface area contributed by atoms with Crippen LogP contribution >= 0.6 is 15.9 Å². The molecule has 4 rings (SSSR count). The highest BCUT2D eigenvalue weighted by atomic mass is 79.9. The van der Waals surface area contributed by atoms with Crippen LogP contribution in [-0.2, 0) is 9.53 Å². The maximum absolute atomic E-state index is 11.1. The standard InChI is InChI=1S/C10H7BrO2/c11-9-1-3-10(4-2-9)7(6-9)5-8(12)13-10/h1-5H,6H2. The van der Waals surface area contributed by atoms with Crippen LogP contribution in [-0.4, -0.2) is 15.9 Å². The number of ether oxygens (including phenoxy) is 1. The van der Waals surface area contributed by atoms with E-state index in [1.54, 1.807) is 6.08 Å². The number of hydrogen-bond acceptors (Lipinski definition) is 2. The molecule has 3 aliphatic carbocycles. The summed E-state index contributed by atoms with van der Waals surface area (Å²) in [6.45, 7) is 0. The SMILES string of the molecule is O=C1C=C2CC3(Br)C=CC2(C=C3)O1. The molecule has 0 saturated carbocycles. The van der Waals surface area contributed by atoms with Crippen molar-refractivity contribution in [3.8, 4) is 0 Å². The summed E-state index contributed by atoms with van der Waals surface area (Å²) in [5.41, 5.74) is 0.520. The number of allylic oxidation sites excluding steroid dienone is 2. The number of halogens is 1. The molecule has 0 aromatic rings. The fourth-order valence-electron chi connectivity index (χ4n) is 2.03. The summed E-state index contributed by atoms with van der Waals surface area (Å²) in [4.78, 5) is 11.1. The Morgan fingerprint density at radius 2 is 2.00 bits per heavy atom. The first kappa shape index (κ1) is 7.56. The van der Waals surface area contributed by atoms with Crippen LogP contribution in [0.3, 0.4) is 0 Å². The van der Waals surface area contributed by atoms with Gasteiger partial charge < -0.3 is 4.74 Å². The predicted octanol–water partition coefficient (Wildman–Crippen LogP) is 1.87. The summed E-state index contributed by atoms with van der Waals surface area (Å²) in [5.74, 6) is -0.233. The van der Waals surface area contributed by atoms with E-state index in [0.29, 0.717) is 0 Å². The molecular weight excluding hydrogens is 232 g/mol. The highest BCUT2D eigenvalue weighted by molar-refractivity contribution is 9.10. The van der Waals surface area contributed by atoms with Gasteiger partial charge in [0.2, 0.25) is 0 Å². The molecule has 0 radical (unpaired) electrons. The third kappa shape index (κ3) is 0.854. The molecule has 0 amide bonds. The summed E-state index contributed by atoms with van der Waals surface area (Å²) in [7, 11) is 0. The normalized spacial score (nSPS) is 44.7. The Hall–Kier alpha value is -0.830. The summed E-state index contributed by atoms with van der Waals surface area (Å²) in [5, 5.41) is 0. The minimum absolute atomic E-state index is 0.0887. The van der Waals surface area contributed by atoms with Crippen LogP contribution in [0, 0.1) is 0 Å². The van der Waals surface area contributed by atoms with E-state index in [-0.39, 0.29) is 10.3 Å². The average molecular weight is 239 g/mol. The lowest BCUT2D eigenvalue weighted by molar-refractivity contribution is -0.140. The van der Waals surface area contributed by atoms with Crippen molar-refractivity contribution in [2.24, 2.45) is 0 Å². The van der Waals surface area contributed by atoms with Crippen LogP contribution in [0.4, 0.5) is 0 Å². The number of esters is 1. The van der Waals surface area contributed by atoms with Crippen molar-refractivity contribution in [1.82, 2.24) is 0 Å². The van der Waals surface area contributed by atoms with Gasteiger partial charge in [0.15, 0.2) is 5.60 Å². The molecule has 1 heterocycles.